The van der Waals surface area contributed by atoms with Gasteiger partial charge in [0.2, 0.25) is 9.84 Å². The summed E-state index contributed by atoms with van der Waals surface area (Å²) in [6.45, 7) is 1.11. The molecule has 0 atom stereocenters. The van der Waals surface area contributed by atoms with E-state index < -0.39 is 9.84 Å². The molecule has 1 amide bonds. The van der Waals surface area contributed by atoms with Crippen molar-refractivity contribution >= 4 is 32.4 Å². The smallest absolute Gasteiger partial charge is 0.287 e. The third-order valence-electron chi connectivity index (χ3n) is 8.17. The van der Waals surface area contributed by atoms with Gasteiger partial charge in [-0.25, -0.2) is 13.8 Å². The van der Waals surface area contributed by atoms with Gasteiger partial charge in [0.1, 0.15) is 0 Å². The van der Waals surface area contributed by atoms with Crippen molar-refractivity contribution in [2.75, 3.05) is 11.6 Å². The van der Waals surface area contributed by atoms with Crippen LogP contribution in [0.4, 0.5) is 5.69 Å². The number of hydrogen-bond donors (Lipinski definition) is 2. The predicted octanol–water partition coefficient (Wildman–Crippen LogP) is 5.79. The molecular weight excluding hydrogens is 524 g/mol. The number of hydrogen-bond acceptors (Lipinski definition) is 7. The van der Waals surface area contributed by atoms with Crippen molar-refractivity contribution in [1.82, 2.24) is 15.7 Å². The maximum Gasteiger partial charge on any atom is 0.287 e. The second kappa shape index (κ2) is 11.1. The third-order valence-corrected chi connectivity index (χ3v) is 9.94. The number of carbonyl (C=O) groups excluding carboxylic acids is 1. The molecule has 2 aromatic carbocycles. The minimum atomic E-state index is -3.70. The van der Waals surface area contributed by atoms with Gasteiger partial charge in [-0.05, 0) is 67.3 Å². The number of amides is 1. The zero-order valence-corrected chi connectivity index (χ0v) is 23.3. The second-order valence-electron chi connectivity index (χ2n) is 10.9. The van der Waals surface area contributed by atoms with Gasteiger partial charge in [-0.3, -0.25) is 9.78 Å². The van der Waals surface area contributed by atoms with Crippen LogP contribution in [0.15, 0.2) is 87.3 Å². The van der Waals surface area contributed by atoms with E-state index in [9.17, 15) is 13.2 Å². The highest BCUT2D eigenvalue weighted by Gasteiger charge is 2.37. The fourth-order valence-corrected chi connectivity index (χ4v) is 7.17. The van der Waals surface area contributed by atoms with Gasteiger partial charge >= 0.3 is 0 Å². The summed E-state index contributed by atoms with van der Waals surface area (Å²) in [4.78, 5) is 17.0. The van der Waals surface area contributed by atoms with E-state index in [4.69, 9.17) is 4.42 Å². The zero-order valence-electron chi connectivity index (χ0n) is 22.4. The molecule has 2 N–H and O–H groups in total. The maximum atomic E-state index is 13.5. The Balaban J connectivity index is 1.12. The normalized spacial score (nSPS) is 17.6. The molecule has 6 rings (SSSR count). The van der Waals surface area contributed by atoms with Gasteiger partial charge in [0.15, 0.2) is 11.3 Å². The third kappa shape index (κ3) is 5.48. The molecule has 40 heavy (non-hydrogen) atoms. The molecule has 4 aromatic rings. The molecule has 8 nitrogen and oxygen atoms in total. The molecule has 0 unspecified atom stereocenters. The molecule has 1 aliphatic carbocycles. The van der Waals surface area contributed by atoms with Gasteiger partial charge in [0.05, 0.1) is 21.7 Å². The first-order chi connectivity index (χ1) is 19.4. The molecule has 2 aliphatic rings. The van der Waals surface area contributed by atoms with E-state index in [1.807, 2.05) is 12.1 Å². The molecule has 1 saturated carbocycles. The number of nitrogens with one attached hydrogen (secondary N) is 2. The van der Waals surface area contributed by atoms with Gasteiger partial charge < -0.3 is 14.7 Å². The summed E-state index contributed by atoms with van der Waals surface area (Å²) in [5.41, 5.74) is 6.09. The number of rotatable bonds is 6. The van der Waals surface area contributed by atoms with Crippen LogP contribution in [0.25, 0.3) is 11.0 Å². The fourth-order valence-electron chi connectivity index (χ4n) is 5.87. The van der Waals surface area contributed by atoms with Crippen molar-refractivity contribution in [3.05, 3.63) is 84.4 Å². The lowest BCUT2D eigenvalue weighted by molar-refractivity contribution is 0.0925. The standard InChI is InChI=1S/C31H34N4O4S/c36-30(28-19-24-13-17-32-22-29(24)39-28)33-21-23-9-11-26(12-10-23)40(37,38)27-8-6-7-25(20-27)35-18-16-31(34-35)14-4-2-1-3-5-15-31/h6-13,17,19-20,22,34H,1-5,14-16,18,21H2,(H,33,36). The predicted molar refractivity (Wildman–Crippen MR) is 154 cm³/mol. The van der Waals surface area contributed by atoms with Crippen LogP contribution in [0.1, 0.15) is 67.5 Å². The van der Waals surface area contributed by atoms with Crippen LogP contribution in [0.2, 0.25) is 0 Å². The van der Waals surface area contributed by atoms with Crippen molar-refractivity contribution in [1.29, 1.82) is 0 Å². The molecular formula is C31H34N4O4S. The van der Waals surface area contributed by atoms with Gasteiger partial charge in [0.25, 0.3) is 5.91 Å². The summed E-state index contributed by atoms with van der Waals surface area (Å²) in [7, 11) is -3.70. The van der Waals surface area contributed by atoms with E-state index >= 15 is 0 Å². The lowest BCUT2D eigenvalue weighted by Crippen LogP contribution is -2.46. The largest absolute Gasteiger partial charge is 0.449 e. The Morgan fingerprint density at radius 3 is 2.50 bits per heavy atom. The van der Waals surface area contributed by atoms with E-state index in [2.05, 4.69) is 20.7 Å². The topological polar surface area (TPSA) is 105 Å². The van der Waals surface area contributed by atoms with Gasteiger partial charge in [0, 0.05) is 30.2 Å². The Hall–Kier alpha value is -3.69. The summed E-state index contributed by atoms with van der Waals surface area (Å²) in [6, 6.07) is 17.3. The molecule has 3 heterocycles. The molecule has 2 aromatic heterocycles. The number of sulfone groups is 1. The molecule has 1 saturated heterocycles. The number of carbonyl (C=O) groups is 1. The van der Waals surface area contributed by atoms with E-state index in [1.54, 1.807) is 60.9 Å². The SMILES string of the molecule is O=C(NCc1ccc(S(=O)(=O)c2cccc(N3CCC4(CCCCCCC4)N3)c2)cc1)c1cc2ccncc2o1. The number of benzene rings is 2. The Labute approximate surface area is 234 Å². The second-order valence-corrected chi connectivity index (χ2v) is 12.9. The summed E-state index contributed by atoms with van der Waals surface area (Å²) in [6.07, 6.45) is 13.0. The Morgan fingerprint density at radius 2 is 1.73 bits per heavy atom. The van der Waals surface area contributed by atoms with E-state index in [0.29, 0.717) is 5.58 Å². The quantitative estimate of drug-likeness (QED) is 0.309. The first kappa shape index (κ1) is 26.5. The zero-order chi connectivity index (χ0) is 27.6. The van der Waals surface area contributed by atoms with Crippen LogP contribution < -0.4 is 15.8 Å². The number of furan rings is 1. The van der Waals surface area contributed by atoms with Gasteiger partial charge in [-0.15, -0.1) is 0 Å². The highest BCUT2D eigenvalue weighted by atomic mass is 32.2. The maximum absolute atomic E-state index is 13.5. The van der Waals surface area contributed by atoms with Crippen LogP contribution in [0.5, 0.6) is 0 Å². The number of hydrazine groups is 1. The molecule has 0 bridgehead atoms. The van der Waals surface area contributed by atoms with E-state index in [-0.39, 0.29) is 33.5 Å². The average Bonchev–Trinajstić information content (AvgIpc) is 3.60. The molecule has 1 spiro atoms. The molecule has 1 aliphatic heterocycles. The number of anilines is 1. The van der Waals surface area contributed by atoms with Crippen molar-refractivity contribution in [3.63, 3.8) is 0 Å². The number of aromatic nitrogens is 1. The van der Waals surface area contributed by atoms with Gasteiger partial charge in [-0.2, -0.15) is 0 Å². The minimum Gasteiger partial charge on any atom is -0.449 e. The van der Waals surface area contributed by atoms with E-state index in [1.165, 1.54) is 44.9 Å². The number of pyridine rings is 1. The lowest BCUT2D eigenvalue weighted by atomic mass is 9.83. The summed E-state index contributed by atoms with van der Waals surface area (Å²) in [5, 5.41) is 5.76. The van der Waals surface area contributed by atoms with Crippen LogP contribution in [-0.2, 0) is 16.4 Å². The van der Waals surface area contributed by atoms with Crippen LogP contribution >= 0.6 is 0 Å². The number of fused-ring (bicyclic) bond motifs is 1. The fraction of sp³-hybridized carbons (Fsp3) is 0.355. The monoisotopic (exact) mass is 558 g/mol. The Morgan fingerprint density at radius 1 is 0.950 bits per heavy atom. The Kier molecular flexibility index (Phi) is 7.33. The van der Waals surface area contributed by atoms with E-state index in [0.717, 1.165) is 29.6 Å². The molecule has 9 heteroatoms. The average molecular weight is 559 g/mol. The molecule has 208 valence electrons. The highest BCUT2D eigenvalue weighted by Crippen LogP contribution is 2.35. The number of nitrogens with zero attached hydrogens (tertiary/aromatic N) is 2. The molecule has 0 radical (unpaired) electrons. The van der Waals surface area contributed by atoms with Gasteiger partial charge in [-0.1, -0.05) is 50.3 Å². The highest BCUT2D eigenvalue weighted by molar-refractivity contribution is 7.91. The minimum absolute atomic E-state index is 0.127. The van der Waals surface area contributed by atoms with Crippen molar-refractivity contribution in [2.24, 2.45) is 0 Å². The summed E-state index contributed by atoms with van der Waals surface area (Å²) in [5.74, 6) is -0.142. The van der Waals surface area contributed by atoms with Crippen LogP contribution in [0.3, 0.4) is 0 Å². The first-order valence-electron chi connectivity index (χ1n) is 14.0. The lowest BCUT2D eigenvalue weighted by Gasteiger charge is -2.33. The Bertz CT molecular complexity index is 1570. The first-order valence-corrected chi connectivity index (χ1v) is 15.5. The van der Waals surface area contributed by atoms with Crippen molar-refractivity contribution in [3.8, 4) is 0 Å². The summed E-state index contributed by atoms with van der Waals surface area (Å²) >= 11 is 0. The van der Waals surface area contributed by atoms with Crippen LogP contribution in [0, 0.1) is 0 Å². The van der Waals surface area contributed by atoms with Crippen molar-refractivity contribution < 1.29 is 17.6 Å². The molecule has 2 fully saturated rings. The van der Waals surface area contributed by atoms with Crippen LogP contribution in [-0.4, -0.2) is 31.4 Å². The summed E-state index contributed by atoms with van der Waals surface area (Å²) < 4.78 is 32.6. The van der Waals surface area contributed by atoms with Crippen molar-refractivity contribution in [2.45, 2.75) is 73.2 Å².